The SMILES string of the molecule is COC(=O)c1cnn(C)c1N=Nc1c(C)nn(-c2nc(O)nc(-n3nc(C)c(N=Nc4c(C(=O)CO)cnn4C)c3N)n2)c1N. The van der Waals surface area contributed by atoms with Crippen molar-refractivity contribution >= 4 is 46.4 Å². The Morgan fingerprint density at radius 3 is 1.76 bits per heavy atom. The number of ether oxygens (including phenoxy) is 1. The van der Waals surface area contributed by atoms with Crippen LogP contribution in [0.25, 0.3) is 11.9 Å². The zero-order valence-electron chi connectivity index (χ0n) is 24.3. The number of hydrogen-bond donors (Lipinski definition) is 4. The number of azo groups is 2. The summed E-state index contributed by atoms with van der Waals surface area (Å²) in [4.78, 5) is 36.2. The number of esters is 1. The predicted molar refractivity (Wildman–Crippen MR) is 152 cm³/mol. The van der Waals surface area contributed by atoms with Crippen LogP contribution in [0.3, 0.4) is 0 Å². The fourth-order valence-electron chi connectivity index (χ4n) is 3.99. The van der Waals surface area contributed by atoms with Gasteiger partial charge in [0.25, 0.3) is 11.9 Å². The minimum Gasteiger partial charge on any atom is -0.479 e. The van der Waals surface area contributed by atoms with E-state index in [0.29, 0.717) is 11.4 Å². The molecular formula is C23H25N17O5. The zero-order valence-corrected chi connectivity index (χ0v) is 24.3. The second-order valence-corrected chi connectivity index (χ2v) is 9.18. The van der Waals surface area contributed by atoms with Crippen LogP contribution in [0.5, 0.6) is 6.01 Å². The largest absolute Gasteiger partial charge is 0.479 e. The van der Waals surface area contributed by atoms with E-state index in [2.05, 4.69) is 55.8 Å². The molecule has 0 aliphatic rings. The van der Waals surface area contributed by atoms with Crippen molar-refractivity contribution in [1.82, 2.24) is 54.1 Å². The van der Waals surface area contributed by atoms with Crippen LogP contribution in [-0.4, -0.2) is 89.8 Å². The molecule has 5 heterocycles. The summed E-state index contributed by atoms with van der Waals surface area (Å²) in [5.74, 6) is -1.60. The Morgan fingerprint density at radius 2 is 1.29 bits per heavy atom. The molecule has 6 N–H and O–H groups in total. The highest BCUT2D eigenvalue weighted by Gasteiger charge is 2.23. The van der Waals surface area contributed by atoms with Gasteiger partial charge in [-0.15, -0.1) is 20.5 Å². The number of ketones is 1. The highest BCUT2D eigenvalue weighted by molar-refractivity contribution is 6.00. The maximum atomic E-state index is 12.0. The first-order valence-corrected chi connectivity index (χ1v) is 12.7. The Morgan fingerprint density at radius 1 is 0.822 bits per heavy atom. The fourth-order valence-corrected chi connectivity index (χ4v) is 3.99. The zero-order chi connectivity index (χ0) is 32.6. The summed E-state index contributed by atoms with van der Waals surface area (Å²) in [7, 11) is 4.34. The molecule has 0 radical (unpaired) electrons. The van der Waals surface area contributed by atoms with E-state index in [9.17, 15) is 19.8 Å². The van der Waals surface area contributed by atoms with Crippen molar-refractivity contribution < 1.29 is 24.5 Å². The van der Waals surface area contributed by atoms with Gasteiger partial charge in [0, 0.05) is 14.1 Å². The smallest absolute Gasteiger partial charge is 0.343 e. The minimum absolute atomic E-state index is 0.0573. The Hall–Kier alpha value is -6.45. The lowest BCUT2D eigenvalue weighted by atomic mass is 10.2. The van der Waals surface area contributed by atoms with Crippen LogP contribution in [0.2, 0.25) is 0 Å². The molecule has 0 aliphatic carbocycles. The van der Waals surface area contributed by atoms with Crippen LogP contribution in [0.15, 0.2) is 32.9 Å². The number of aliphatic hydroxyl groups excluding tert-OH is 1. The van der Waals surface area contributed by atoms with Gasteiger partial charge in [-0.1, -0.05) is 0 Å². The molecular weight excluding hydrogens is 594 g/mol. The lowest BCUT2D eigenvalue weighted by molar-refractivity contribution is 0.0601. The number of aromatic nitrogens is 11. The molecule has 0 fully saturated rings. The molecule has 5 aromatic rings. The number of carbonyl (C=O) groups excluding carboxylic acids is 2. The molecule has 0 atom stereocenters. The molecule has 0 saturated carbocycles. The first kappa shape index (κ1) is 30.0. The number of nitrogen functional groups attached to an aromatic ring is 2. The van der Waals surface area contributed by atoms with Crippen molar-refractivity contribution in [2.75, 3.05) is 25.2 Å². The van der Waals surface area contributed by atoms with E-state index < -0.39 is 24.4 Å². The van der Waals surface area contributed by atoms with E-state index in [1.54, 1.807) is 27.9 Å². The Labute approximate surface area is 251 Å². The Kier molecular flexibility index (Phi) is 7.79. The summed E-state index contributed by atoms with van der Waals surface area (Å²) in [5, 5.41) is 52.6. The third-order valence-electron chi connectivity index (χ3n) is 6.26. The third kappa shape index (κ3) is 5.42. The van der Waals surface area contributed by atoms with Crippen LogP contribution in [0.4, 0.5) is 34.6 Å². The lowest BCUT2D eigenvalue weighted by Gasteiger charge is -2.06. The van der Waals surface area contributed by atoms with Gasteiger partial charge in [-0.3, -0.25) is 4.79 Å². The third-order valence-corrected chi connectivity index (χ3v) is 6.26. The number of Topliss-reactive ketones (excluding diaryl/α,β-unsaturated/α-hetero) is 1. The molecule has 0 aliphatic heterocycles. The van der Waals surface area contributed by atoms with Crippen molar-refractivity contribution in [2.45, 2.75) is 13.8 Å². The molecule has 0 amide bonds. The number of carbonyl (C=O) groups is 2. The summed E-state index contributed by atoms with van der Waals surface area (Å²) in [5.41, 5.74) is 13.6. The van der Waals surface area contributed by atoms with E-state index in [4.69, 9.17) is 16.2 Å². The molecule has 22 nitrogen and oxygen atoms in total. The number of aromatic hydroxyl groups is 1. The lowest BCUT2D eigenvalue weighted by Crippen LogP contribution is -2.13. The Bertz CT molecular complexity index is 1870. The topological polar surface area (TPSA) is 295 Å². The van der Waals surface area contributed by atoms with Crippen LogP contribution in [0.1, 0.15) is 32.1 Å². The monoisotopic (exact) mass is 619 g/mol. The van der Waals surface area contributed by atoms with Crippen molar-refractivity contribution in [3.8, 4) is 17.9 Å². The number of nitrogens with two attached hydrogens (primary N) is 2. The highest BCUT2D eigenvalue weighted by atomic mass is 16.5. The number of nitrogens with zero attached hydrogens (tertiary/aromatic N) is 15. The van der Waals surface area contributed by atoms with Crippen molar-refractivity contribution in [2.24, 2.45) is 34.6 Å². The molecule has 0 bridgehead atoms. The molecule has 0 aromatic carbocycles. The van der Waals surface area contributed by atoms with Gasteiger partial charge in [0.05, 0.1) is 36.5 Å². The van der Waals surface area contributed by atoms with E-state index >= 15 is 0 Å². The van der Waals surface area contributed by atoms with Crippen molar-refractivity contribution in [3.05, 3.63) is 34.9 Å². The maximum absolute atomic E-state index is 12.0. The normalized spacial score (nSPS) is 11.7. The van der Waals surface area contributed by atoms with Crippen LogP contribution < -0.4 is 11.5 Å². The second-order valence-electron chi connectivity index (χ2n) is 9.18. The van der Waals surface area contributed by atoms with Gasteiger partial charge >= 0.3 is 12.0 Å². The highest BCUT2D eigenvalue weighted by Crippen LogP contribution is 2.33. The van der Waals surface area contributed by atoms with E-state index in [1.807, 2.05) is 0 Å². The van der Waals surface area contributed by atoms with E-state index in [0.717, 1.165) is 9.36 Å². The van der Waals surface area contributed by atoms with Crippen molar-refractivity contribution in [1.29, 1.82) is 0 Å². The molecule has 0 unspecified atom stereocenters. The van der Waals surface area contributed by atoms with Gasteiger partial charge < -0.3 is 26.4 Å². The summed E-state index contributed by atoms with van der Waals surface area (Å²) >= 11 is 0. The number of rotatable bonds is 9. The van der Waals surface area contributed by atoms with Gasteiger partial charge in [-0.2, -0.15) is 44.7 Å². The average Bonchev–Trinajstić information content (AvgIpc) is 3.73. The van der Waals surface area contributed by atoms with Gasteiger partial charge in [-0.25, -0.2) is 14.2 Å². The Balaban J connectivity index is 1.50. The average molecular weight is 620 g/mol. The number of aliphatic hydroxyl groups is 1. The quantitative estimate of drug-likeness (QED) is 0.102. The fraction of sp³-hybridized carbons (Fsp3) is 0.261. The molecule has 232 valence electrons. The summed E-state index contributed by atoms with van der Waals surface area (Å²) in [6, 6.07) is -0.707. The summed E-state index contributed by atoms with van der Waals surface area (Å²) in [6.45, 7) is 2.46. The maximum Gasteiger partial charge on any atom is 0.343 e. The van der Waals surface area contributed by atoms with Crippen LogP contribution in [0, 0.1) is 13.8 Å². The van der Waals surface area contributed by atoms with Crippen LogP contribution in [-0.2, 0) is 18.8 Å². The van der Waals surface area contributed by atoms with E-state index in [-0.39, 0.29) is 57.7 Å². The van der Waals surface area contributed by atoms with Gasteiger partial charge in [-0.05, 0) is 13.8 Å². The number of hydrogen-bond acceptors (Lipinski definition) is 18. The van der Waals surface area contributed by atoms with Crippen LogP contribution >= 0.6 is 0 Å². The molecule has 5 aromatic heterocycles. The number of methoxy groups -OCH3 is 1. The standard InChI is InChI=1S/C23H25N17O5/c1-9-14(31-33-18-11(13(42)8-41)6-26-37(18)3)16(24)39(35-9)21-28-22(30-23(44)29-21)40-17(25)15(10(2)36-40)32-34-19-12(20(43)45-5)7-27-38(19)4/h6-7,41H,8,24-25H2,1-5H3,(H,28,29,30,44). The first-order chi connectivity index (χ1) is 21.4. The number of aryl methyl sites for hydroxylation is 4. The first-order valence-electron chi connectivity index (χ1n) is 12.7. The van der Waals surface area contributed by atoms with Gasteiger partial charge in [0.1, 0.15) is 12.2 Å². The molecule has 5 rings (SSSR count). The predicted octanol–water partition coefficient (Wildman–Crippen LogP) is 0.989. The number of anilines is 2. The van der Waals surface area contributed by atoms with Gasteiger partial charge in [0.2, 0.25) is 0 Å². The summed E-state index contributed by atoms with van der Waals surface area (Å²) < 4.78 is 9.56. The molecule has 22 heteroatoms. The van der Waals surface area contributed by atoms with Gasteiger partial charge in [0.15, 0.2) is 40.4 Å². The van der Waals surface area contributed by atoms with Crippen molar-refractivity contribution in [3.63, 3.8) is 0 Å². The molecule has 45 heavy (non-hydrogen) atoms. The molecule has 0 spiro atoms. The molecule has 0 saturated heterocycles. The van der Waals surface area contributed by atoms with E-state index in [1.165, 1.54) is 28.9 Å². The minimum atomic E-state index is -0.732. The summed E-state index contributed by atoms with van der Waals surface area (Å²) in [6.07, 6.45) is 2.55. The second kappa shape index (κ2) is 11.7.